The van der Waals surface area contributed by atoms with Gasteiger partial charge in [0.15, 0.2) is 5.69 Å². The van der Waals surface area contributed by atoms with Crippen molar-refractivity contribution >= 4 is 0 Å². The van der Waals surface area contributed by atoms with E-state index in [-0.39, 0.29) is 0 Å². The van der Waals surface area contributed by atoms with Crippen LogP contribution in [0.1, 0.15) is 17.0 Å². The zero-order chi connectivity index (χ0) is 13.3. The van der Waals surface area contributed by atoms with Gasteiger partial charge in [0, 0.05) is 5.69 Å². The molecule has 0 spiro atoms. The predicted molar refractivity (Wildman–Crippen MR) is 58.0 cm³/mol. The molecule has 0 unspecified atom stereocenters. The van der Waals surface area contributed by atoms with Crippen molar-refractivity contribution in [2.75, 3.05) is 0 Å². The number of nitriles is 1. The first-order valence-electron chi connectivity index (χ1n) is 5.06. The third-order valence-corrected chi connectivity index (χ3v) is 2.40. The Bertz CT molecular complexity index is 620. The molecule has 0 saturated heterocycles. The standard InChI is InChI=1S/C12H8F3N3/c1-8-5-11(12(13,14)15)17-18(8)10-4-2-3-9(6-10)7-16/h2-6H,1H3. The molecule has 92 valence electrons. The Balaban J connectivity index is 2.52. The number of benzene rings is 1. The van der Waals surface area contributed by atoms with Crippen LogP contribution in [-0.4, -0.2) is 9.78 Å². The molecular formula is C12H8F3N3. The Hall–Kier alpha value is -2.29. The third kappa shape index (κ3) is 2.20. The van der Waals surface area contributed by atoms with Crippen molar-refractivity contribution in [3.8, 4) is 11.8 Å². The minimum Gasteiger partial charge on any atom is -0.237 e. The average molecular weight is 251 g/mol. The van der Waals surface area contributed by atoms with Crippen LogP contribution < -0.4 is 0 Å². The van der Waals surface area contributed by atoms with E-state index in [1.165, 1.54) is 17.7 Å². The molecule has 6 heteroatoms. The SMILES string of the molecule is Cc1cc(C(F)(F)F)nn1-c1cccc(C#N)c1. The molecule has 3 nitrogen and oxygen atoms in total. The summed E-state index contributed by atoms with van der Waals surface area (Å²) in [7, 11) is 0. The molecule has 2 rings (SSSR count). The Morgan fingerprint density at radius 2 is 2.00 bits per heavy atom. The summed E-state index contributed by atoms with van der Waals surface area (Å²) in [6, 6.07) is 9.16. The number of halogens is 3. The summed E-state index contributed by atoms with van der Waals surface area (Å²) in [5, 5.41) is 12.3. The van der Waals surface area contributed by atoms with Crippen LogP contribution in [0.4, 0.5) is 13.2 Å². The molecule has 2 aromatic rings. The highest BCUT2D eigenvalue weighted by atomic mass is 19.4. The topological polar surface area (TPSA) is 41.6 Å². The van der Waals surface area contributed by atoms with Crippen LogP contribution in [0.15, 0.2) is 30.3 Å². The van der Waals surface area contributed by atoms with Gasteiger partial charge in [-0.05, 0) is 31.2 Å². The van der Waals surface area contributed by atoms with Crippen LogP contribution in [0.2, 0.25) is 0 Å². The summed E-state index contributed by atoms with van der Waals surface area (Å²) in [4.78, 5) is 0. The molecule has 0 aliphatic rings. The summed E-state index contributed by atoms with van der Waals surface area (Å²) in [5.74, 6) is 0. The smallest absolute Gasteiger partial charge is 0.237 e. The Kier molecular flexibility index (Phi) is 2.83. The van der Waals surface area contributed by atoms with Crippen LogP contribution in [0.5, 0.6) is 0 Å². The van der Waals surface area contributed by atoms with E-state index in [1.54, 1.807) is 18.2 Å². The summed E-state index contributed by atoms with van der Waals surface area (Å²) < 4.78 is 38.7. The minimum atomic E-state index is -4.47. The molecule has 1 aromatic heterocycles. The number of rotatable bonds is 1. The number of alkyl halides is 3. The molecule has 0 saturated carbocycles. The largest absolute Gasteiger partial charge is 0.435 e. The number of hydrogen-bond acceptors (Lipinski definition) is 2. The first kappa shape index (κ1) is 12.2. The lowest BCUT2D eigenvalue weighted by atomic mass is 10.2. The maximum atomic E-state index is 12.5. The summed E-state index contributed by atoms with van der Waals surface area (Å²) in [5.41, 5.74) is 0.220. The van der Waals surface area contributed by atoms with Crippen molar-refractivity contribution in [2.24, 2.45) is 0 Å². The normalized spacial score (nSPS) is 11.3. The second-order valence-electron chi connectivity index (χ2n) is 3.74. The molecule has 0 radical (unpaired) electrons. The van der Waals surface area contributed by atoms with Crippen molar-refractivity contribution in [2.45, 2.75) is 13.1 Å². The van der Waals surface area contributed by atoms with Gasteiger partial charge in [-0.15, -0.1) is 0 Å². The molecule has 1 heterocycles. The van der Waals surface area contributed by atoms with E-state index in [9.17, 15) is 13.2 Å². The van der Waals surface area contributed by atoms with E-state index in [0.29, 0.717) is 16.9 Å². The van der Waals surface area contributed by atoms with E-state index in [0.717, 1.165) is 6.07 Å². The summed E-state index contributed by atoms with van der Waals surface area (Å²) in [6.45, 7) is 1.53. The second kappa shape index (κ2) is 4.18. The number of hydrogen-bond donors (Lipinski definition) is 0. The molecule has 0 fully saturated rings. The molecule has 0 amide bonds. The van der Waals surface area contributed by atoms with Gasteiger partial charge in [0.2, 0.25) is 0 Å². The highest BCUT2D eigenvalue weighted by Crippen LogP contribution is 2.29. The van der Waals surface area contributed by atoms with Gasteiger partial charge in [-0.25, -0.2) is 4.68 Å². The fourth-order valence-corrected chi connectivity index (χ4v) is 1.58. The molecule has 1 aromatic carbocycles. The lowest BCUT2D eigenvalue weighted by molar-refractivity contribution is -0.141. The van der Waals surface area contributed by atoms with E-state index in [1.807, 2.05) is 6.07 Å². The Morgan fingerprint density at radius 1 is 1.28 bits per heavy atom. The highest BCUT2D eigenvalue weighted by molar-refractivity contribution is 5.42. The van der Waals surface area contributed by atoms with E-state index < -0.39 is 11.9 Å². The fraction of sp³-hybridized carbons (Fsp3) is 0.167. The number of aryl methyl sites for hydroxylation is 1. The van der Waals surface area contributed by atoms with Crippen molar-refractivity contribution in [3.63, 3.8) is 0 Å². The van der Waals surface area contributed by atoms with Gasteiger partial charge in [0.05, 0.1) is 17.3 Å². The lowest BCUT2D eigenvalue weighted by Gasteiger charge is -2.04. The molecule has 0 aliphatic heterocycles. The fourth-order valence-electron chi connectivity index (χ4n) is 1.58. The van der Waals surface area contributed by atoms with Gasteiger partial charge >= 0.3 is 6.18 Å². The van der Waals surface area contributed by atoms with Gasteiger partial charge in [-0.1, -0.05) is 6.07 Å². The summed E-state index contributed by atoms with van der Waals surface area (Å²) in [6.07, 6.45) is -4.47. The predicted octanol–water partition coefficient (Wildman–Crippen LogP) is 3.07. The molecular weight excluding hydrogens is 243 g/mol. The van der Waals surface area contributed by atoms with E-state index >= 15 is 0 Å². The molecule has 0 N–H and O–H groups in total. The molecule has 0 bridgehead atoms. The quantitative estimate of drug-likeness (QED) is 0.781. The van der Waals surface area contributed by atoms with Crippen LogP contribution in [0, 0.1) is 18.3 Å². The van der Waals surface area contributed by atoms with Gasteiger partial charge < -0.3 is 0 Å². The van der Waals surface area contributed by atoms with Crippen molar-refractivity contribution < 1.29 is 13.2 Å². The van der Waals surface area contributed by atoms with Crippen molar-refractivity contribution in [3.05, 3.63) is 47.3 Å². The van der Waals surface area contributed by atoms with Gasteiger partial charge in [0.25, 0.3) is 0 Å². The van der Waals surface area contributed by atoms with Crippen LogP contribution in [0.3, 0.4) is 0 Å². The number of aromatic nitrogens is 2. The Labute approximate surface area is 101 Å². The first-order valence-corrected chi connectivity index (χ1v) is 5.06. The van der Waals surface area contributed by atoms with Gasteiger partial charge in [-0.3, -0.25) is 0 Å². The van der Waals surface area contributed by atoms with Crippen molar-refractivity contribution in [1.29, 1.82) is 5.26 Å². The zero-order valence-electron chi connectivity index (χ0n) is 9.36. The zero-order valence-corrected chi connectivity index (χ0v) is 9.36. The monoisotopic (exact) mass is 251 g/mol. The summed E-state index contributed by atoms with van der Waals surface area (Å²) >= 11 is 0. The van der Waals surface area contributed by atoms with Crippen LogP contribution in [-0.2, 0) is 6.18 Å². The molecule has 0 atom stereocenters. The average Bonchev–Trinajstić information content (AvgIpc) is 2.71. The second-order valence-corrected chi connectivity index (χ2v) is 3.74. The van der Waals surface area contributed by atoms with E-state index in [4.69, 9.17) is 5.26 Å². The van der Waals surface area contributed by atoms with Crippen LogP contribution in [0.25, 0.3) is 5.69 Å². The Morgan fingerprint density at radius 3 is 2.56 bits per heavy atom. The first-order chi connectivity index (χ1) is 8.41. The molecule has 0 aliphatic carbocycles. The van der Waals surface area contributed by atoms with Gasteiger partial charge in [0.1, 0.15) is 0 Å². The maximum absolute atomic E-state index is 12.5. The van der Waals surface area contributed by atoms with Gasteiger partial charge in [-0.2, -0.15) is 23.5 Å². The third-order valence-electron chi connectivity index (χ3n) is 2.40. The van der Waals surface area contributed by atoms with Crippen molar-refractivity contribution in [1.82, 2.24) is 9.78 Å². The molecule has 18 heavy (non-hydrogen) atoms. The number of nitrogens with zero attached hydrogens (tertiary/aromatic N) is 3. The minimum absolute atomic E-state index is 0.359. The van der Waals surface area contributed by atoms with E-state index in [2.05, 4.69) is 5.10 Å². The lowest BCUT2D eigenvalue weighted by Crippen LogP contribution is -2.07. The van der Waals surface area contributed by atoms with Crippen LogP contribution >= 0.6 is 0 Å². The maximum Gasteiger partial charge on any atom is 0.435 e. The highest BCUT2D eigenvalue weighted by Gasteiger charge is 2.34.